The Morgan fingerprint density at radius 1 is 1.38 bits per heavy atom. The first-order chi connectivity index (χ1) is 7.68. The summed E-state index contributed by atoms with van der Waals surface area (Å²) < 4.78 is 0.998. The Balaban J connectivity index is 2.19. The summed E-state index contributed by atoms with van der Waals surface area (Å²) in [4.78, 5) is 2.40. The molecule has 0 aromatic heterocycles. The van der Waals surface area contributed by atoms with Crippen LogP contribution in [0.3, 0.4) is 0 Å². The highest BCUT2D eigenvalue weighted by Gasteiger charge is 2.13. The zero-order chi connectivity index (χ0) is 11.5. The van der Waals surface area contributed by atoms with Crippen LogP contribution in [0.4, 0.5) is 5.69 Å². The van der Waals surface area contributed by atoms with E-state index in [1.807, 2.05) is 17.8 Å². The first-order valence-electron chi connectivity index (χ1n) is 5.48. The van der Waals surface area contributed by atoms with Gasteiger partial charge in [0, 0.05) is 34.8 Å². The lowest BCUT2D eigenvalue weighted by atomic mass is 10.1. The number of benzene rings is 1. The molecule has 1 heterocycles. The number of nitrogens with zero attached hydrogens (tertiary/aromatic N) is 1. The Kier molecular flexibility index (Phi) is 4.16. The second-order valence-electron chi connectivity index (χ2n) is 3.98. The van der Waals surface area contributed by atoms with Gasteiger partial charge in [0.25, 0.3) is 0 Å². The molecule has 1 atom stereocenters. The van der Waals surface area contributed by atoms with Crippen LogP contribution >= 0.6 is 27.7 Å². The van der Waals surface area contributed by atoms with Crippen LogP contribution in [0.25, 0.3) is 0 Å². The molecule has 88 valence electrons. The van der Waals surface area contributed by atoms with Crippen LogP contribution in [0.5, 0.6) is 0 Å². The van der Waals surface area contributed by atoms with Gasteiger partial charge in [-0.25, -0.2) is 0 Å². The average molecular weight is 302 g/mol. The fourth-order valence-corrected chi connectivity index (χ4v) is 3.47. The summed E-state index contributed by atoms with van der Waals surface area (Å²) in [5.41, 5.74) is 2.20. The van der Waals surface area contributed by atoms with Gasteiger partial charge in [-0.15, -0.1) is 0 Å². The quantitative estimate of drug-likeness (QED) is 0.908. The monoisotopic (exact) mass is 301 g/mol. The molecule has 1 aromatic rings. The SMILES string of the molecule is C[C@H](O)c1ccc(N2CCSCC2)cc1Br. The van der Waals surface area contributed by atoms with Crippen LogP contribution < -0.4 is 4.90 Å². The van der Waals surface area contributed by atoms with E-state index in [0.717, 1.165) is 23.1 Å². The first kappa shape index (κ1) is 12.3. The molecule has 1 aliphatic rings. The summed E-state index contributed by atoms with van der Waals surface area (Å²) in [6.45, 7) is 4.02. The summed E-state index contributed by atoms with van der Waals surface area (Å²) in [5.74, 6) is 2.41. The van der Waals surface area contributed by atoms with Crippen molar-refractivity contribution in [3.8, 4) is 0 Å². The van der Waals surface area contributed by atoms with E-state index in [-0.39, 0.29) is 0 Å². The number of aliphatic hydroxyl groups excluding tert-OH is 1. The van der Waals surface area contributed by atoms with Crippen molar-refractivity contribution < 1.29 is 5.11 Å². The zero-order valence-electron chi connectivity index (χ0n) is 9.32. The van der Waals surface area contributed by atoms with E-state index in [1.165, 1.54) is 17.2 Å². The molecule has 0 aliphatic carbocycles. The minimum atomic E-state index is -0.416. The molecule has 1 saturated heterocycles. The van der Waals surface area contributed by atoms with Crippen molar-refractivity contribution in [2.75, 3.05) is 29.5 Å². The molecule has 2 nitrogen and oxygen atoms in total. The molecule has 0 amide bonds. The molecule has 0 bridgehead atoms. The van der Waals surface area contributed by atoms with Crippen molar-refractivity contribution in [2.45, 2.75) is 13.0 Å². The van der Waals surface area contributed by atoms with Gasteiger partial charge < -0.3 is 10.0 Å². The van der Waals surface area contributed by atoms with Crippen LogP contribution in [0.1, 0.15) is 18.6 Å². The number of aliphatic hydroxyl groups is 1. The Morgan fingerprint density at radius 2 is 2.06 bits per heavy atom. The lowest BCUT2D eigenvalue weighted by Crippen LogP contribution is -2.32. The van der Waals surface area contributed by atoms with Gasteiger partial charge in [-0.3, -0.25) is 0 Å². The van der Waals surface area contributed by atoms with Gasteiger partial charge in [0.15, 0.2) is 0 Å². The molecule has 1 aromatic carbocycles. The van der Waals surface area contributed by atoms with E-state index in [1.54, 1.807) is 6.92 Å². The molecule has 2 rings (SSSR count). The molecule has 0 spiro atoms. The lowest BCUT2D eigenvalue weighted by molar-refractivity contribution is 0.198. The molecular formula is C12H16BrNOS. The summed E-state index contributed by atoms with van der Waals surface area (Å²) in [5, 5.41) is 9.56. The molecule has 4 heteroatoms. The summed E-state index contributed by atoms with van der Waals surface area (Å²) in [6, 6.07) is 6.21. The average Bonchev–Trinajstić information content (AvgIpc) is 2.29. The van der Waals surface area contributed by atoms with Gasteiger partial charge in [-0.2, -0.15) is 11.8 Å². The molecule has 0 unspecified atom stereocenters. The predicted molar refractivity (Wildman–Crippen MR) is 74.3 cm³/mol. The van der Waals surface area contributed by atoms with Gasteiger partial charge >= 0.3 is 0 Å². The predicted octanol–water partition coefficient (Wildman–Crippen LogP) is 3.06. The summed E-state index contributed by atoms with van der Waals surface area (Å²) >= 11 is 5.53. The van der Waals surface area contributed by atoms with Crippen molar-refractivity contribution in [1.29, 1.82) is 0 Å². The molecule has 16 heavy (non-hydrogen) atoms. The molecule has 0 saturated carbocycles. The standard InChI is InChI=1S/C12H16BrNOS/c1-9(15)11-3-2-10(8-12(11)13)14-4-6-16-7-5-14/h2-3,8-9,15H,4-7H2,1H3/t9-/m0/s1. The van der Waals surface area contributed by atoms with Gasteiger partial charge in [0.05, 0.1) is 6.10 Å². The molecule has 1 fully saturated rings. The normalized spacial score (nSPS) is 18.6. The summed E-state index contributed by atoms with van der Waals surface area (Å²) in [7, 11) is 0. The maximum Gasteiger partial charge on any atom is 0.0772 e. The van der Waals surface area contributed by atoms with Crippen molar-refractivity contribution in [3.05, 3.63) is 28.2 Å². The Morgan fingerprint density at radius 3 is 2.62 bits per heavy atom. The second-order valence-corrected chi connectivity index (χ2v) is 6.06. The Labute approximate surface area is 109 Å². The Bertz CT molecular complexity index is 364. The number of thioether (sulfide) groups is 1. The van der Waals surface area contributed by atoms with E-state index in [0.29, 0.717) is 0 Å². The highest BCUT2D eigenvalue weighted by molar-refractivity contribution is 9.10. The van der Waals surface area contributed by atoms with Crippen LogP contribution in [0.15, 0.2) is 22.7 Å². The van der Waals surface area contributed by atoms with Gasteiger partial charge in [0.2, 0.25) is 0 Å². The highest BCUT2D eigenvalue weighted by atomic mass is 79.9. The second kappa shape index (κ2) is 5.43. The van der Waals surface area contributed by atoms with E-state index in [2.05, 4.69) is 33.0 Å². The van der Waals surface area contributed by atoms with Crippen LogP contribution in [-0.2, 0) is 0 Å². The molecule has 1 aliphatic heterocycles. The van der Waals surface area contributed by atoms with E-state index in [9.17, 15) is 5.11 Å². The third-order valence-electron chi connectivity index (χ3n) is 2.81. The number of halogens is 1. The van der Waals surface area contributed by atoms with E-state index < -0.39 is 6.10 Å². The number of rotatable bonds is 2. The smallest absolute Gasteiger partial charge is 0.0772 e. The van der Waals surface area contributed by atoms with Crippen LogP contribution in [0, 0.1) is 0 Å². The van der Waals surface area contributed by atoms with Crippen LogP contribution in [0.2, 0.25) is 0 Å². The van der Waals surface area contributed by atoms with Gasteiger partial charge in [-0.1, -0.05) is 22.0 Å². The number of hydrogen-bond acceptors (Lipinski definition) is 3. The Hall–Kier alpha value is -0.190. The largest absolute Gasteiger partial charge is 0.389 e. The minimum absolute atomic E-state index is 0.416. The van der Waals surface area contributed by atoms with E-state index in [4.69, 9.17) is 0 Å². The molecule has 0 radical (unpaired) electrons. The molecular weight excluding hydrogens is 286 g/mol. The van der Waals surface area contributed by atoms with Crippen molar-refractivity contribution in [3.63, 3.8) is 0 Å². The summed E-state index contributed by atoms with van der Waals surface area (Å²) in [6.07, 6.45) is -0.416. The third-order valence-corrected chi connectivity index (χ3v) is 4.44. The number of hydrogen-bond donors (Lipinski definition) is 1. The lowest BCUT2D eigenvalue weighted by Gasteiger charge is -2.29. The molecule has 1 N–H and O–H groups in total. The van der Waals surface area contributed by atoms with E-state index >= 15 is 0 Å². The van der Waals surface area contributed by atoms with Crippen LogP contribution in [-0.4, -0.2) is 29.7 Å². The van der Waals surface area contributed by atoms with Crippen molar-refractivity contribution in [1.82, 2.24) is 0 Å². The van der Waals surface area contributed by atoms with Crippen molar-refractivity contribution >= 4 is 33.4 Å². The number of anilines is 1. The van der Waals surface area contributed by atoms with Gasteiger partial charge in [-0.05, 0) is 24.6 Å². The zero-order valence-corrected chi connectivity index (χ0v) is 11.7. The van der Waals surface area contributed by atoms with Crippen molar-refractivity contribution in [2.24, 2.45) is 0 Å². The first-order valence-corrected chi connectivity index (χ1v) is 7.43. The third kappa shape index (κ3) is 2.73. The maximum atomic E-state index is 9.56. The maximum absolute atomic E-state index is 9.56. The van der Waals surface area contributed by atoms with Gasteiger partial charge in [0.1, 0.15) is 0 Å². The minimum Gasteiger partial charge on any atom is -0.389 e. The highest BCUT2D eigenvalue weighted by Crippen LogP contribution is 2.29. The fourth-order valence-electron chi connectivity index (χ4n) is 1.87. The fraction of sp³-hybridized carbons (Fsp3) is 0.500. The topological polar surface area (TPSA) is 23.5 Å².